The number of esters is 1. The predicted molar refractivity (Wildman–Crippen MR) is 76.5 cm³/mol. The van der Waals surface area contributed by atoms with Crippen LogP contribution in [0, 0.1) is 0 Å². The van der Waals surface area contributed by atoms with Crippen molar-refractivity contribution in [3.8, 4) is 0 Å². The Morgan fingerprint density at radius 1 is 1.16 bits per heavy atom. The van der Waals surface area contributed by atoms with Crippen LogP contribution in [-0.2, 0) is 10.2 Å². The monoisotopic (exact) mass is 266 g/mol. The van der Waals surface area contributed by atoms with Gasteiger partial charge in [0.05, 0.1) is 0 Å². The highest BCUT2D eigenvalue weighted by atomic mass is 16.6. The molecular formula is C15H26N2O2. The number of aromatic nitrogens is 2. The summed E-state index contributed by atoms with van der Waals surface area (Å²) in [6, 6.07) is 0. The standard InChI is InChI=1S/C15H26N2O2/c1-9(2)10-11(13(18)19-15(6,7)8)16-17-12(10)14(3,4)5/h9H,1-8H3,(H,16,17). The van der Waals surface area contributed by atoms with Gasteiger partial charge in [-0.25, -0.2) is 4.79 Å². The van der Waals surface area contributed by atoms with Crippen LogP contribution in [0.5, 0.6) is 0 Å². The quantitative estimate of drug-likeness (QED) is 0.829. The predicted octanol–water partition coefficient (Wildman–Crippen LogP) is 3.79. The number of H-pyrrole nitrogens is 1. The van der Waals surface area contributed by atoms with E-state index in [1.165, 1.54) is 0 Å². The molecule has 0 amide bonds. The Morgan fingerprint density at radius 3 is 2.05 bits per heavy atom. The van der Waals surface area contributed by atoms with Crippen molar-refractivity contribution in [3.05, 3.63) is 17.0 Å². The van der Waals surface area contributed by atoms with Gasteiger partial charge >= 0.3 is 5.97 Å². The molecule has 1 N–H and O–H groups in total. The summed E-state index contributed by atoms with van der Waals surface area (Å²) in [6.45, 7) is 16.0. The minimum Gasteiger partial charge on any atom is -0.455 e. The maximum absolute atomic E-state index is 12.2. The van der Waals surface area contributed by atoms with E-state index in [2.05, 4.69) is 44.8 Å². The lowest BCUT2D eigenvalue weighted by molar-refractivity contribution is 0.00612. The van der Waals surface area contributed by atoms with Crippen molar-refractivity contribution >= 4 is 5.97 Å². The molecule has 0 saturated carbocycles. The molecule has 0 spiro atoms. The fourth-order valence-electron chi connectivity index (χ4n) is 1.97. The van der Waals surface area contributed by atoms with Gasteiger partial charge in [0.1, 0.15) is 5.60 Å². The molecule has 0 radical (unpaired) electrons. The van der Waals surface area contributed by atoms with Crippen molar-refractivity contribution in [2.45, 2.75) is 72.3 Å². The maximum atomic E-state index is 12.2. The van der Waals surface area contributed by atoms with E-state index < -0.39 is 5.60 Å². The highest BCUT2D eigenvalue weighted by Crippen LogP contribution is 2.31. The van der Waals surface area contributed by atoms with Crippen LogP contribution in [-0.4, -0.2) is 21.8 Å². The SMILES string of the molecule is CC(C)c1c(C(=O)OC(C)(C)C)n[nH]c1C(C)(C)C. The molecule has 0 saturated heterocycles. The molecule has 1 aromatic rings. The Bertz CT molecular complexity index is 459. The second-order valence-corrected chi connectivity index (χ2v) is 7.27. The van der Waals surface area contributed by atoms with E-state index in [4.69, 9.17) is 4.74 Å². The minimum absolute atomic E-state index is 0.0765. The normalized spacial score (nSPS) is 12.9. The third-order valence-corrected chi connectivity index (χ3v) is 2.72. The van der Waals surface area contributed by atoms with Gasteiger partial charge in [-0.1, -0.05) is 34.6 Å². The number of ether oxygens (including phenoxy) is 1. The van der Waals surface area contributed by atoms with Crippen LogP contribution >= 0.6 is 0 Å². The van der Waals surface area contributed by atoms with Gasteiger partial charge in [-0.2, -0.15) is 5.10 Å². The molecular weight excluding hydrogens is 240 g/mol. The van der Waals surface area contributed by atoms with E-state index >= 15 is 0 Å². The van der Waals surface area contributed by atoms with E-state index in [1.807, 2.05) is 20.8 Å². The zero-order valence-corrected chi connectivity index (χ0v) is 13.3. The van der Waals surface area contributed by atoms with Gasteiger partial charge in [-0.05, 0) is 26.7 Å². The van der Waals surface area contributed by atoms with Crippen LogP contribution in [0.2, 0.25) is 0 Å². The van der Waals surface area contributed by atoms with Crippen molar-refractivity contribution in [2.24, 2.45) is 0 Å². The van der Waals surface area contributed by atoms with Gasteiger partial charge < -0.3 is 4.74 Å². The molecule has 1 aromatic heterocycles. The van der Waals surface area contributed by atoms with Gasteiger partial charge in [0, 0.05) is 16.7 Å². The lowest BCUT2D eigenvalue weighted by Crippen LogP contribution is -2.25. The van der Waals surface area contributed by atoms with Crippen LogP contribution in [0.15, 0.2) is 0 Å². The van der Waals surface area contributed by atoms with E-state index in [-0.39, 0.29) is 17.3 Å². The number of hydrogen-bond acceptors (Lipinski definition) is 3. The largest absolute Gasteiger partial charge is 0.455 e. The summed E-state index contributed by atoms with van der Waals surface area (Å²) < 4.78 is 5.42. The van der Waals surface area contributed by atoms with Crippen LogP contribution in [0.4, 0.5) is 0 Å². The number of aromatic amines is 1. The van der Waals surface area contributed by atoms with Gasteiger partial charge in [-0.15, -0.1) is 0 Å². The second kappa shape index (κ2) is 4.99. The first-order valence-electron chi connectivity index (χ1n) is 6.75. The highest BCUT2D eigenvalue weighted by molar-refractivity contribution is 5.89. The van der Waals surface area contributed by atoms with Crippen molar-refractivity contribution in [1.29, 1.82) is 0 Å². The molecule has 4 nitrogen and oxygen atoms in total. The summed E-state index contributed by atoms with van der Waals surface area (Å²) in [5, 5.41) is 7.20. The molecule has 0 bridgehead atoms. The first kappa shape index (κ1) is 15.7. The zero-order chi connectivity index (χ0) is 15.0. The van der Waals surface area contributed by atoms with Crippen LogP contribution in [0.1, 0.15) is 83.1 Å². The average Bonchev–Trinajstić information content (AvgIpc) is 2.57. The molecule has 0 unspecified atom stereocenters. The molecule has 4 heteroatoms. The second-order valence-electron chi connectivity index (χ2n) is 7.27. The lowest BCUT2D eigenvalue weighted by atomic mass is 9.85. The topological polar surface area (TPSA) is 55.0 Å². The van der Waals surface area contributed by atoms with Crippen molar-refractivity contribution in [3.63, 3.8) is 0 Å². The summed E-state index contributed by atoms with van der Waals surface area (Å²) in [7, 11) is 0. The molecule has 108 valence electrons. The first-order valence-corrected chi connectivity index (χ1v) is 6.75. The summed E-state index contributed by atoms with van der Waals surface area (Å²) in [4.78, 5) is 12.2. The Kier molecular flexibility index (Phi) is 4.13. The molecule has 0 aliphatic heterocycles. The fraction of sp³-hybridized carbons (Fsp3) is 0.733. The average molecular weight is 266 g/mol. The Labute approximate surface area is 115 Å². The van der Waals surface area contributed by atoms with Crippen molar-refractivity contribution in [1.82, 2.24) is 10.2 Å². The van der Waals surface area contributed by atoms with Crippen molar-refractivity contribution in [2.75, 3.05) is 0 Å². The smallest absolute Gasteiger partial charge is 0.359 e. The summed E-state index contributed by atoms with van der Waals surface area (Å²) in [5.41, 5.74) is 1.79. The first-order chi connectivity index (χ1) is 8.43. The minimum atomic E-state index is -0.508. The van der Waals surface area contributed by atoms with Crippen molar-refractivity contribution < 1.29 is 9.53 Å². The number of carbonyl (C=O) groups is 1. The summed E-state index contributed by atoms with van der Waals surface area (Å²) in [5.74, 6) is -0.140. The van der Waals surface area contributed by atoms with Gasteiger partial charge in [0.2, 0.25) is 0 Å². The molecule has 0 atom stereocenters. The van der Waals surface area contributed by atoms with Crippen LogP contribution in [0.3, 0.4) is 0 Å². The molecule has 19 heavy (non-hydrogen) atoms. The molecule has 1 rings (SSSR count). The maximum Gasteiger partial charge on any atom is 0.359 e. The fourth-order valence-corrected chi connectivity index (χ4v) is 1.97. The van der Waals surface area contributed by atoms with E-state index in [1.54, 1.807) is 0 Å². The Balaban J connectivity index is 3.23. The van der Waals surface area contributed by atoms with E-state index in [9.17, 15) is 4.79 Å². The number of nitrogens with one attached hydrogen (secondary N) is 1. The molecule has 1 heterocycles. The summed E-state index contributed by atoms with van der Waals surface area (Å²) in [6.07, 6.45) is 0. The molecule has 0 aromatic carbocycles. The third kappa shape index (κ3) is 3.82. The number of carbonyl (C=O) groups excluding carboxylic acids is 1. The lowest BCUT2D eigenvalue weighted by Gasteiger charge is -2.22. The molecule has 0 aliphatic carbocycles. The number of rotatable bonds is 2. The number of nitrogens with zero attached hydrogens (tertiary/aromatic N) is 1. The molecule has 0 fully saturated rings. The van der Waals surface area contributed by atoms with Crippen LogP contribution in [0.25, 0.3) is 0 Å². The third-order valence-electron chi connectivity index (χ3n) is 2.72. The van der Waals surface area contributed by atoms with E-state index in [0.717, 1.165) is 11.3 Å². The highest BCUT2D eigenvalue weighted by Gasteiger charge is 2.30. The zero-order valence-electron chi connectivity index (χ0n) is 13.3. The van der Waals surface area contributed by atoms with Gasteiger partial charge in [-0.3, -0.25) is 5.10 Å². The Morgan fingerprint density at radius 2 is 1.68 bits per heavy atom. The summed E-state index contributed by atoms with van der Waals surface area (Å²) >= 11 is 0. The van der Waals surface area contributed by atoms with Gasteiger partial charge in [0.15, 0.2) is 5.69 Å². The van der Waals surface area contributed by atoms with E-state index in [0.29, 0.717) is 5.69 Å². The van der Waals surface area contributed by atoms with Gasteiger partial charge in [0.25, 0.3) is 0 Å². The number of hydrogen-bond donors (Lipinski definition) is 1. The Hall–Kier alpha value is -1.32. The van der Waals surface area contributed by atoms with Crippen LogP contribution < -0.4 is 0 Å². The molecule has 0 aliphatic rings.